The van der Waals surface area contributed by atoms with E-state index in [4.69, 9.17) is 28.4 Å². The van der Waals surface area contributed by atoms with Gasteiger partial charge in [-0.2, -0.15) is 0 Å². The molecule has 16 nitrogen and oxygen atoms in total. The summed E-state index contributed by atoms with van der Waals surface area (Å²) in [5.74, 6) is 0. The summed E-state index contributed by atoms with van der Waals surface area (Å²) in [7, 11) is 1.21. The van der Waals surface area contributed by atoms with E-state index in [-0.39, 0.29) is 0 Å². The van der Waals surface area contributed by atoms with Crippen molar-refractivity contribution in [1.29, 1.82) is 0 Å². The van der Waals surface area contributed by atoms with Gasteiger partial charge in [0.15, 0.2) is 18.9 Å². The van der Waals surface area contributed by atoms with E-state index >= 15 is 0 Å². The van der Waals surface area contributed by atoms with E-state index < -0.39 is 112 Å². The molecule has 0 radical (unpaired) electrons. The highest BCUT2D eigenvalue weighted by Gasteiger charge is 2.53. The van der Waals surface area contributed by atoms with Gasteiger partial charge in [-0.05, 0) is 0 Å². The number of aliphatic hydroxyl groups excluding tert-OH is 10. The van der Waals surface area contributed by atoms with Gasteiger partial charge in [-0.15, -0.1) is 0 Å². The van der Waals surface area contributed by atoms with Gasteiger partial charge in [-0.3, -0.25) is 0 Å². The van der Waals surface area contributed by atoms with E-state index in [0.29, 0.717) is 0 Å². The molecule has 0 aromatic heterocycles. The molecule has 16 heteroatoms. The highest BCUT2D eigenvalue weighted by atomic mass is 16.8. The molecule has 0 aliphatic carbocycles. The average Bonchev–Trinajstić information content (AvgIpc) is 2.86. The van der Waals surface area contributed by atoms with Crippen LogP contribution in [-0.2, 0) is 28.4 Å². The maximum absolute atomic E-state index is 10.8. The summed E-state index contributed by atoms with van der Waals surface area (Å²) in [5, 5.41) is 101. The SMILES string of the molecule is COC1OC(CO)C(OC2OC(CO)C(O)C(OC3OC(CO)C(O)C(O)C3O)C2O)C(O)C1O. The third-order valence-electron chi connectivity index (χ3n) is 6.31. The predicted molar refractivity (Wildman–Crippen MR) is 106 cm³/mol. The molecule has 0 aromatic carbocycles. The fourth-order valence-corrected chi connectivity index (χ4v) is 4.23. The van der Waals surface area contributed by atoms with Gasteiger partial charge in [0.2, 0.25) is 0 Å². The Morgan fingerprint density at radius 3 is 1.49 bits per heavy atom. The van der Waals surface area contributed by atoms with Crippen LogP contribution in [0.15, 0.2) is 0 Å². The maximum atomic E-state index is 10.8. The maximum Gasteiger partial charge on any atom is 0.187 e. The first kappa shape index (κ1) is 28.9. The van der Waals surface area contributed by atoms with Gasteiger partial charge in [0.05, 0.1) is 19.8 Å². The summed E-state index contributed by atoms with van der Waals surface area (Å²) in [4.78, 5) is 0. The lowest BCUT2D eigenvalue weighted by Crippen LogP contribution is -2.66. The zero-order valence-corrected chi connectivity index (χ0v) is 18.7. The summed E-state index contributed by atoms with van der Waals surface area (Å²) in [5.41, 5.74) is 0. The van der Waals surface area contributed by atoms with Crippen LogP contribution in [-0.4, -0.2) is 170 Å². The Kier molecular flexibility index (Phi) is 10.1. The largest absolute Gasteiger partial charge is 0.394 e. The van der Waals surface area contributed by atoms with Crippen LogP contribution in [0.5, 0.6) is 0 Å². The summed E-state index contributed by atoms with van der Waals surface area (Å²) < 4.78 is 31.9. The standard InChI is InChI=1S/C19H34O16/c1-30-17-13(28)11(26)15(7(4-22)33-17)34-19-14(29)16(9(24)6(3-21)32-19)35-18-12(27)10(25)8(23)5(2-20)31-18/h5-29H,2-4H2,1H3. The Balaban J connectivity index is 1.78. The topological polar surface area (TPSA) is 258 Å². The summed E-state index contributed by atoms with van der Waals surface area (Å²) in [6.45, 7) is -2.22. The molecule has 3 aliphatic rings. The molecule has 0 bridgehead atoms. The first-order valence-electron chi connectivity index (χ1n) is 11.0. The van der Waals surface area contributed by atoms with Crippen LogP contribution in [0.3, 0.4) is 0 Å². The van der Waals surface area contributed by atoms with Crippen molar-refractivity contribution in [3.8, 4) is 0 Å². The normalized spacial score (nSPS) is 51.3. The zero-order chi connectivity index (χ0) is 26.0. The van der Waals surface area contributed by atoms with Gasteiger partial charge in [-0.25, -0.2) is 0 Å². The summed E-state index contributed by atoms with van der Waals surface area (Å²) >= 11 is 0. The Labute approximate surface area is 199 Å². The lowest BCUT2D eigenvalue weighted by molar-refractivity contribution is -0.379. The van der Waals surface area contributed by atoms with Crippen molar-refractivity contribution in [3.05, 3.63) is 0 Å². The molecule has 0 aromatic rings. The Morgan fingerprint density at radius 2 is 0.943 bits per heavy atom. The van der Waals surface area contributed by atoms with Crippen LogP contribution < -0.4 is 0 Å². The second kappa shape index (κ2) is 12.3. The highest BCUT2D eigenvalue weighted by molar-refractivity contribution is 4.96. The highest BCUT2D eigenvalue weighted by Crippen LogP contribution is 2.32. The molecular weight excluding hydrogens is 484 g/mol. The molecule has 206 valence electrons. The number of ether oxygens (including phenoxy) is 6. The number of aliphatic hydroxyl groups is 10. The van der Waals surface area contributed by atoms with Gasteiger partial charge < -0.3 is 79.5 Å². The van der Waals surface area contributed by atoms with E-state index in [9.17, 15) is 51.1 Å². The fourth-order valence-electron chi connectivity index (χ4n) is 4.23. The molecule has 3 fully saturated rings. The first-order chi connectivity index (χ1) is 16.6. The lowest BCUT2D eigenvalue weighted by atomic mass is 9.96. The van der Waals surface area contributed by atoms with E-state index in [2.05, 4.69) is 0 Å². The van der Waals surface area contributed by atoms with Crippen molar-refractivity contribution in [3.63, 3.8) is 0 Å². The molecule has 3 rings (SSSR count). The molecular formula is C19H34O16. The Morgan fingerprint density at radius 1 is 0.486 bits per heavy atom. The van der Waals surface area contributed by atoms with Gasteiger partial charge >= 0.3 is 0 Å². The van der Waals surface area contributed by atoms with Crippen molar-refractivity contribution in [2.75, 3.05) is 26.9 Å². The van der Waals surface area contributed by atoms with Crippen LogP contribution >= 0.6 is 0 Å². The van der Waals surface area contributed by atoms with E-state index in [1.807, 2.05) is 0 Å². The minimum Gasteiger partial charge on any atom is -0.394 e. The summed E-state index contributed by atoms with van der Waals surface area (Å²) in [6.07, 6.45) is -24.1. The molecule has 3 aliphatic heterocycles. The Hall–Kier alpha value is -0.640. The Bertz CT molecular complexity index is 652. The molecule has 0 amide bonds. The predicted octanol–water partition coefficient (Wildman–Crippen LogP) is -6.92. The molecule has 0 saturated carbocycles. The number of rotatable bonds is 8. The minimum absolute atomic E-state index is 0.687. The second-order valence-corrected chi connectivity index (χ2v) is 8.55. The molecule has 3 saturated heterocycles. The molecule has 15 unspecified atom stereocenters. The van der Waals surface area contributed by atoms with E-state index in [1.165, 1.54) is 7.11 Å². The molecule has 0 spiro atoms. The summed E-state index contributed by atoms with van der Waals surface area (Å²) in [6, 6.07) is 0. The van der Waals surface area contributed by atoms with Crippen LogP contribution in [0.1, 0.15) is 0 Å². The lowest BCUT2D eigenvalue weighted by Gasteiger charge is -2.48. The van der Waals surface area contributed by atoms with Gasteiger partial charge in [0, 0.05) is 7.11 Å². The fraction of sp³-hybridized carbons (Fsp3) is 1.00. The van der Waals surface area contributed by atoms with E-state index in [1.54, 1.807) is 0 Å². The third-order valence-corrected chi connectivity index (χ3v) is 6.31. The number of methoxy groups -OCH3 is 1. The van der Waals surface area contributed by atoms with E-state index in [0.717, 1.165) is 0 Å². The smallest absolute Gasteiger partial charge is 0.187 e. The number of hydrogen-bond donors (Lipinski definition) is 10. The second-order valence-electron chi connectivity index (χ2n) is 8.55. The van der Waals surface area contributed by atoms with Gasteiger partial charge in [-0.1, -0.05) is 0 Å². The average molecular weight is 518 g/mol. The molecule has 10 N–H and O–H groups in total. The molecule has 3 heterocycles. The third kappa shape index (κ3) is 5.78. The van der Waals surface area contributed by atoms with Crippen LogP contribution in [0.2, 0.25) is 0 Å². The van der Waals surface area contributed by atoms with Crippen molar-refractivity contribution < 1.29 is 79.5 Å². The van der Waals surface area contributed by atoms with Gasteiger partial charge in [0.1, 0.15) is 73.2 Å². The van der Waals surface area contributed by atoms with Crippen LogP contribution in [0.25, 0.3) is 0 Å². The molecule has 15 atom stereocenters. The zero-order valence-electron chi connectivity index (χ0n) is 18.7. The monoisotopic (exact) mass is 518 g/mol. The van der Waals surface area contributed by atoms with Crippen LogP contribution in [0.4, 0.5) is 0 Å². The van der Waals surface area contributed by atoms with Crippen LogP contribution in [0, 0.1) is 0 Å². The van der Waals surface area contributed by atoms with Gasteiger partial charge in [0.25, 0.3) is 0 Å². The quantitative estimate of drug-likeness (QED) is 0.143. The van der Waals surface area contributed by atoms with Crippen molar-refractivity contribution in [2.45, 2.75) is 92.1 Å². The van der Waals surface area contributed by atoms with Crippen molar-refractivity contribution in [1.82, 2.24) is 0 Å². The van der Waals surface area contributed by atoms with Crippen molar-refractivity contribution >= 4 is 0 Å². The number of hydrogen-bond acceptors (Lipinski definition) is 16. The van der Waals surface area contributed by atoms with Crippen molar-refractivity contribution in [2.24, 2.45) is 0 Å². The molecule has 35 heavy (non-hydrogen) atoms. The minimum atomic E-state index is -1.87. The first-order valence-corrected chi connectivity index (χ1v) is 11.0.